The molecule has 0 fully saturated rings. The van der Waals surface area contributed by atoms with Gasteiger partial charge in [-0.3, -0.25) is 4.90 Å². The minimum absolute atomic E-state index is 0.0931. The zero-order valence-electron chi connectivity index (χ0n) is 11.6. The molecule has 0 radical (unpaired) electrons. The fourth-order valence-electron chi connectivity index (χ4n) is 2.05. The van der Waals surface area contributed by atoms with Crippen molar-refractivity contribution >= 4 is 11.6 Å². The number of benzene rings is 1. The summed E-state index contributed by atoms with van der Waals surface area (Å²) in [4.78, 5) is 2.05. The average molecular weight is 297 g/mol. The summed E-state index contributed by atoms with van der Waals surface area (Å²) < 4.78 is 19.1. The topological polar surface area (TPSA) is 28.4 Å². The predicted octanol–water partition coefficient (Wildman–Crippen LogP) is 3.46. The van der Waals surface area contributed by atoms with E-state index in [9.17, 15) is 4.39 Å². The maximum Gasteiger partial charge on any atom is 0.129 e. The normalized spacial score (nSPS) is 12.8. The Morgan fingerprint density at radius 1 is 1.30 bits per heavy atom. The van der Waals surface area contributed by atoms with Gasteiger partial charge in [-0.2, -0.15) is 0 Å². The number of nitrogens with zero attached hydrogens (tertiary/aromatic N) is 1. The first-order valence-electron chi connectivity index (χ1n) is 6.43. The van der Waals surface area contributed by atoms with Crippen molar-refractivity contribution < 1.29 is 8.81 Å². The van der Waals surface area contributed by atoms with Crippen LogP contribution in [0.3, 0.4) is 0 Å². The van der Waals surface area contributed by atoms with E-state index >= 15 is 0 Å². The number of nitrogens with one attached hydrogen (secondary N) is 1. The quantitative estimate of drug-likeness (QED) is 0.885. The molecule has 0 bridgehead atoms. The maximum atomic E-state index is 13.7. The first-order chi connectivity index (χ1) is 9.59. The Bertz CT molecular complexity index is 523. The van der Waals surface area contributed by atoms with Crippen LogP contribution in [0.15, 0.2) is 41.0 Å². The number of likely N-dealkylation sites (N-methyl/N-ethyl adjacent to an activating group) is 1. The van der Waals surface area contributed by atoms with Gasteiger partial charge in [0, 0.05) is 23.7 Å². The molecule has 0 amide bonds. The zero-order valence-corrected chi connectivity index (χ0v) is 12.3. The van der Waals surface area contributed by atoms with Gasteiger partial charge in [0.25, 0.3) is 0 Å². The number of furan rings is 1. The van der Waals surface area contributed by atoms with Crippen molar-refractivity contribution in [2.24, 2.45) is 0 Å². The van der Waals surface area contributed by atoms with Crippen LogP contribution in [-0.2, 0) is 6.54 Å². The molecule has 1 atom stereocenters. The highest BCUT2D eigenvalue weighted by atomic mass is 35.5. The first-order valence-corrected chi connectivity index (χ1v) is 6.81. The van der Waals surface area contributed by atoms with Crippen molar-refractivity contribution in [1.29, 1.82) is 0 Å². The monoisotopic (exact) mass is 296 g/mol. The van der Waals surface area contributed by atoms with E-state index in [-0.39, 0.29) is 11.9 Å². The number of hydrogen-bond donors (Lipinski definition) is 1. The third-order valence-corrected chi connectivity index (χ3v) is 3.55. The van der Waals surface area contributed by atoms with Crippen LogP contribution in [0.5, 0.6) is 0 Å². The molecule has 1 N–H and O–H groups in total. The van der Waals surface area contributed by atoms with Gasteiger partial charge in [-0.05, 0) is 38.4 Å². The zero-order chi connectivity index (χ0) is 14.5. The number of rotatable bonds is 6. The minimum Gasteiger partial charge on any atom is -0.468 e. The van der Waals surface area contributed by atoms with E-state index in [2.05, 4.69) is 10.2 Å². The Morgan fingerprint density at radius 3 is 2.70 bits per heavy atom. The Kier molecular flexibility index (Phi) is 5.17. The lowest BCUT2D eigenvalue weighted by Crippen LogP contribution is -2.30. The predicted molar refractivity (Wildman–Crippen MR) is 78.3 cm³/mol. The SMILES string of the molecule is CN(C)C(CNCc1c(F)cccc1Cl)c1ccco1. The summed E-state index contributed by atoms with van der Waals surface area (Å²) in [6.07, 6.45) is 1.65. The Balaban J connectivity index is 1.97. The molecule has 2 aromatic rings. The van der Waals surface area contributed by atoms with Crippen LogP contribution >= 0.6 is 11.6 Å². The molecule has 0 saturated heterocycles. The van der Waals surface area contributed by atoms with Gasteiger partial charge in [-0.1, -0.05) is 17.7 Å². The smallest absolute Gasteiger partial charge is 0.129 e. The Hall–Kier alpha value is -1.36. The van der Waals surface area contributed by atoms with Crippen molar-refractivity contribution in [3.63, 3.8) is 0 Å². The summed E-state index contributed by atoms with van der Waals surface area (Å²) in [5.74, 6) is 0.589. The van der Waals surface area contributed by atoms with Crippen LogP contribution < -0.4 is 5.32 Å². The average Bonchev–Trinajstić information content (AvgIpc) is 2.90. The molecule has 1 unspecified atom stereocenters. The second kappa shape index (κ2) is 6.88. The van der Waals surface area contributed by atoms with Gasteiger partial charge in [-0.25, -0.2) is 4.39 Å². The summed E-state index contributed by atoms with van der Waals surface area (Å²) in [6, 6.07) is 8.60. The van der Waals surface area contributed by atoms with Crippen LogP contribution in [0, 0.1) is 5.82 Å². The molecule has 2 rings (SSSR count). The molecule has 108 valence electrons. The van der Waals surface area contributed by atoms with E-state index < -0.39 is 0 Å². The summed E-state index contributed by atoms with van der Waals surface area (Å²) in [5, 5.41) is 3.67. The van der Waals surface area contributed by atoms with Crippen molar-refractivity contribution in [1.82, 2.24) is 10.2 Å². The van der Waals surface area contributed by atoms with Gasteiger partial charge in [0.2, 0.25) is 0 Å². The van der Waals surface area contributed by atoms with Gasteiger partial charge in [0.05, 0.1) is 12.3 Å². The molecule has 0 aliphatic heterocycles. The molecule has 20 heavy (non-hydrogen) atoms. The fraction of sp³-hybridized carbons (Fsp3) is 0.333. The van der Waals surface area contributed by atoms with E-state index in [1.165, 1.54) is 6.07 Å². The van der Waals surface area contributed by atoms with E-state index in [1.54, 1.807) is 18.4 Å². The third kappa shape index (κ3) is 3.60. The van der Waals surface area contributed by atoms with Crippen LogP contribution in [0.4, 0.5) is 4.39 Å². The largest absolute Gasteiger partial charge is 0.468 e. The molecule has 0 aliphatic carbocycles. The van der Waals surface area contributed by atoms with Crippen LogP contribution in [0.1, 0.15) is 17.4 Å². The lowest BCUT2D eigenvalue weighted by Gasteiger charge is -2.22. The van der Waals surface area contributed by atoms with E-state index in [0.717, 1.165) is 5.76 Å². The standard InChI is InChI=1S/C15H18ClFN2O/c1-19(2)14(15-7-4-8-20-15)10-18-9-11-12(16)5-3-6-13(11)17/h3-8,14,18H,9-10H2,1-2H3. The minimum atomic E-state index is -0.288. The lowest BCUT2D eigenvalue weighted by molar-refractivity contribution is 0.250. The molecular formula is C15H18ClFN2O. The maximum absolute atomic E-state index is 13.7. The first kappa shape index (κ1) is 15.0. The molecule has 3 nitrogen and oxygen atoms in total. The second-order valence-electron chi connectivity index (χ2n) is 4.83. The van der Waals surface area contributed by atoms with Gasteiger partial charge < -0.3 is 9.73 Å². The van der Waals surface area contributed by atoms with Crippen molar-refractivity contribution in [3.8, 4) is 0 Å². The van der Waals surface area contributed by atoms with Crippen molar-refractivity contribution in [3.05, 3.63) is 58.8 Å². The fourth-order valence-corrected chi connectivity index (χ4v) is 2.28. The number of halogens is 2. The number of hydrogen-bond acceptors (Lipinski definition) is 3. The van der Waals surface area contributed by atoms with E-state index in [4.69, 9.17) is 16.0 Å². The Morgan fingerprint density at radius 2 is 2.10 bits per heavy atom. The van der Waals surface area contributed by atoms with Crippen LogP contribution in [0.2, 0.25) is 5.02 Å². The third-order valence-electron chi connectivity index (χ3n) is 3.20. The van der Waals surface area contributed by atoms with E-state index in [1.807, 2.05) is 26.2 Å². The van der Waals surface area contributed by atoms with Gasteiger partial charge >= 0.3 is 0 Å². The summed E-state index contributed by atoms with van der Waals surface area (Å²) in [5.41, 5.74) is 0.492. The van der Waals surface area contributed by atoms with Crippen molar-refractivity contribution in [2.45, 2.75) is 12.6 Å². The molecular weight excluding hydrogens is 279 g/mol. The summed E-state index contributed by atoms with van der Waals surface area (Å²) in [7, 11) is 3.95. The van der Waals surface area contributed by atoms with Gasteiger partial charge in [-0.15, -0.1) is 0 Å². The molecule has 1 aromatic heterocycles. The van der Waals surface area contributed by atoms with Gasteiger partial charge in [0.15, 0.2) is 0 Å². The van der Waals surface area contributed by atoms with Crippen molar-refractivity contribution in [2.75, 3.05) is 20.6 Å². The molecule has 0 spiro atoms. The van der Waals surface area contributed by atoms with Crippen LogP contribution in [-0.4, -0.2) is 25.5 Å². The lowest BCUT2D eigenvalue weighted by atomic mass is 10.1. The summed E-state index contributed by atoms with van der Waals surface area (Å²) >= 11 is 6.00. The highest BCUT2D eigenvalue weighted by molar-refractivity contribution is 6.31. The molecule has 5 heteroatoms. The summed E-state index contributed by atoms with van der Waals surface area (Å²) in [6.45, 7) is 1.03. The van der Waals surface area contributed by atoms with Crippen LogP contribution in [0.25, 0.3) is 0 Å². The molecule has 0 saturated carbocycles. The molecule has 1 aromatic carbocycles. The van der Waals surface area contributed by atoms with Gasteiger partial charge in [0.1, 0.15) is 11.6 Å². The Labute approximate surface area is 123 Å². The van der Waals surface area contributed by atoms with E-state index in [0.29, 0.717) is 23.7 Å². The molecule has 1 heterocycles. The second-order valence-corrected chi connectivity index (χ2v) is 5.23. The highest BCUT2D eigenvalue weighted by Crippen LogP contribution is 2.20. The highest BCUT2D eigenvalue weighted by Gasteiger charge is 2.16. The molecule has 0 aliphatic rings.